The molecule has 1 rings (SSSR count). The first-order valence-corrected chi connectivity index (χ1v) is 7.29. The molecule has 1 amide bonds. The topological polar surface area (TPSA) is 84.9 Å². The molecule has 0 bridgehead atoms. The maximum atomic E-state index is 12.1. The van der Waals surface area contributed by atoms with Crippen molar-refractivity contribution in [1.82, 2.24) is 5.32 Å². The predicted molar refractivity (Wildman–Crippen MR) is 81.8 cm³/mol. The largest absolute Gasteiger partial charge is 0.494 e. The molecule has 2 atom stereocenters. The standard InChI is InChI=1S/C16H23NO5/c1-4-5-10-22-13-8-6-12(7-9-13)15(19)17-14(11(2)18)16(20)21-3/h6-9,11,14,18H,4-5,10H2,1-3H3,(H,17,19)/t11-,14-/m0/s1. The average molecular weight is 309 g/mol. The lowest BCUT2D eigenvalue weighted by molar-refractivity contribution is -0.145. The zero-order valence-electron chi connectivity index (χ0n) is 13.2. The number of esters is 1. The van der Waals surface area contributed by atoms with E-state index < -0.39 is 24.0 Å². The van der Waals surface area contributed by atoms with Gasteiger partial charge in [-0.05, 0) is 37.6 Å². The van der Waals surface area contributed by atoms with E-state index in [1.807, 2.05) is 0 Å². The fourth-order valence-electron chi connectivity index (χ4n) is 1.76. The van der Waals surface area contributed by atoms with Crippen LogP contribution in [0, 0.1) is 0 Å². The fourth-order valence-corrected chi connectivity index (χ4v) is 1.76. The van der Waals surface area contributed by atoms with Crippen LogP contribution in [0.25, 0.3) is 0 Å². The summed E-state index contributed by atoms with van der Waals surface area (Å²) < 4.78 is 10.1. The number of rotatable bonds is 8. The highest BCUT2D eigenvalue weighted by atomic mass is 16.5. The Hall–Kier alpha value is -2.08. The van der Waals surface area contributed by atoms with Gasteiger partial charge < -0.3 is 19.9 Å². The number of aliphatic hydroxyl groups excluding tert-OH is 1. The summed E-state index contributed by atoms with van der Waals surface area (Å²) in [6.07, 6.45) is 0.972. The number of hydrogen-bond donors (Lipinski definition) is 2. The summed E-state index contributed by atoms with van der Waals surface area (Å²) in [5.41, 5.74) is 0.373. The van der Waals surface area contributed by atoms with Crippen LogP contribution < -0.4 is 10.1 Å². The third kappa shape index (κ3) is 5.37. The van der Waals surface area contributed by atoms with Crippen molar-refractivity contribution >= 4 is 11.9 Å². The predicted octanol–water partition coefficient (Wildman–Crippen LogP) is 1.52. The molecular formula is C16H23NO5. The van der Waals surface area contributed by atoms with Gasteiger partial charge in [0.15, 0.2) is 6.04 Å². The van der Waals surface area contributed by atoms with Crippen LogP contribution in [0.5, 0.6) is 5.75 Å². The maximum absolute atomic E-state index is 12.1. The van der Waals surface area contributed by atoms with Gasteiger partial charge in [0.05, 0.1) is 19.8 Å². The number of nitrogens with one attached hydrogen (secondary N) is 1. The Morgan fingerprint density at radius 3 is 2.41 bits per heavy atom. The van der Waals surface area contributed by atoms with Crippen molar-refractivity contribution in [2.75, 3.05) is 13.7 Å². The zero-order chi connectivity index (χ0) is 16.5. The first-order valence-electron chi connectivity index (χ1n) is 7.29. The summed E-state index contributed by atoms with van der Waals surface area (Å²) in [5, 5.41) is 12.0. The Bertz CT molecular complexity index is 484. The Morgan fingerprint density at radius 1 is 1.27 bits per heavy atom. The van der Waals surface area contributed by atoms with E-state index in [2.05, 4.69) is 17.0 Å². The number of benzene rings is 1. The second-order valence-corrected chi connectivity index (χ2v) is 4.94. The summed E-state index contributed by atoms with van der Waals surface area (Å²) in [7, 11) is 1.20. The van der Waals surface area contributed by atoms with E-state index in [0.717, 1.165) is 12.8 Å². The summed E-state index contributed by atoms with van der Waals surface area (Å²) in [6, 6.07) is 5.50. The Labute approximate surface area is 130 Å². The number of methoxy groups -OCH3 is 1. The molecule has 0 radical (unpaired) electrons. The van der Waals surface area contributed by atoms with Crippen LogP contribution in [-0.2, 0) is 9.53 Å². The Morgan fingerprint density at radius 2 is 1.91 bits per heavy atom. The molecule has 6 heteroatoms. The highest BCUT2D eigenvalue weighted by molar-refractivity contribution is 5.97. The number of aliphatic hydroxyl groups is 1. The van der Waals surface area contributed by atoms with Gasteiger partial charge >= 0.3 is 5.97 Å². The number of carbonyl (C=O) groups is 2. The van der Waals surface area contributed by atoms with Crippen molar-refractivity contribution in [3.05, 3.63) is 29.8 Å². The molecule has 0 aliphatic carbocycles. The van der Waals surface area contributed by atoms with Gasteiger partial charge in [0.2, 0.25) is 0 Å². The molecule has 122 valence electrons. The van der Waals surface area contributed by atoms with Gasteiger partial charge in [-0.2, -0.15) is 0 Å². The molecule has 6 nitrogen and oxygen atoms in total. The fraction of sp³-hybridized carbons (Fsp3) is 0.500. The number of carbonyl (C=O) groups excluding carboxylic acids is 2. The summed E-state index contributed by atoms with van der Waals surface area (Å²) in [5.74, 6) is -0.468. The Balaban J connectivity index is 2.66. The van der Waals surface area contributed by atoms with Gasteiger partial charge in [0.25, 0.3) is 5.91 Å². The van der Waals surface area contributed by atoms with Gasteiger partial charge in [-0.1, -0.05) is 13.3 Å². The molecule has 1 aromatic carbocycles. The molecule has 1 aromatic rings. The number of ether oxygens (including phenoxy) is 2. The van der Waals surface area contributed by atoms with Crippen LogP contribution in [0.15, 0.2) is 24.3 Å². The van der Waals surface area contributed by atoms with Gasteiger partial charge in [-0.3, -0.25) is 4.79 Å². The van der Waals surface area contributed by atoms with Crippen molar-refractivity contribution in [3.8, 4) is 5.75 Å². The molecule has 0 unspecified atom stereocenters. The molecule has 0 saturated carbocycles. The Kier molecular flexibility index (Phi) is 7.39. The van der Waals surface area contributed by atoms with Gasteiger partial charge in [-0.15, -0.1) is 0 Å². The van der Waals surface area contributed by atoms with E-state index >= 15 is 0 Å². The monoisotopic (exact) mass is 309 g/mol. The van der Waals surface area contributed by atoms with E-state index in [9.17, 15) is 14.7 Å². The minimum absolute atomic E-state index is 0.373. The van der Waals surface area contributed by atoms with E-state index in [-0.39, 0.29) is 0 Å². The van der Waals surface area contributed by atoms with Crippen LogP contribution in [0.4, 0.5) is 0 Å². The van der Waals surface area contributed by atoms with Crippen LogP contribution in [0.3, 0.4) is 0 Å². The molecule has 0 heterocycles. The van der Waals surface area contributed by atoms with Crippen LogP contribution in [-0.4, -0.2) is 42.8 Å². The first-order chi connectivity index (χ1) is 10.5. The highest BCUT2D eigenvalue weighted by Crippen LogP contribution is 2.13. The van der Waals surface area contributed by atoms with Crippen LogP contribution in [0.2, 0.25) is 0 Å². The molecule has 0 aliphatic heterocycles. The van der Waals surface area contributed by atoms with Gasteiger partial charge in [0, 0.05) is 5.56 Å². The van der Waals surface area contributed by atoms with Crippen molar-refractivity contribution in [3.63, 3.8) is 0 Å². The average Bonchev–Trinajstić information content (AvgIpc) is 2.52. The van der Waals surface area contributed by atoms with Crippen molar-refractivity contribution in [2.45, 2.75) is 38.8 Å². The van der Waals surface area contributed by atoms with Gasteiger partial charge in [0.1, 0.15) is 5.75 Å². The lowest BCUT2D eigenvalue weighted by Gasteiger charge is -2.19. The second-order valence-electron chi connectivity index (χ2n) is 4.94. The lowest BCUT2D eigenvalue weighted by Crippen LogP contribution is -2.48. The molecule has 0 aromatic heterocycles. The third-order valence-electron chi connectivity index (χ3n) is 3.11. The van der Waals surface area contributed by atoms with E-state index in [1.165, 1.54) is 14.0 Å². The minimum atomic E-state index is -1.10. The molecule has 0 aliphatic rings. The third-order valence-corrected chi connectivity index (χ3v) is 3.11. The first kappa shape index (κ1) is 18.0. The SMILES string of the molecule is CCCCOc1ccc(C(=O)N[C@H](C(=O)OC)[C@H](C)O)cc1. The smallest absolute Gasteiger partial charge is 0.331 e. The van der Waals surface area contributed by atoms with Crippen molar-refractivity contribution in [2.24, 2.45) is 0 Å². The normalized spacial score (nSPS) is 13.1. The summed E-state index contributed by atoms with van der Waals surface area (Å²) in [6.45, 7) is 4.12. The van der Waals surface area contributed by atoms with E-state index in [1.54, 1.807) is 24.3 Å². The number of hydrogen-bond acceptors (Lipinski definition) is 5. The van der Waals surface area contributed by atoms with Crippen molar-refractivity contribution < 1.29 is 24.2 Å². The number of amides is 1. The second kappa shape index (κ2) is 9.04. The van der Waals surface area contributed by atoms with E-state index in [0.29, 0.717) is 17.9 Å². The number of unbranched alkanes of at least 4 members (excludes halogenated alkanes) is 1. The maximum Gasteiger partial charge on any atom is 0.331 e. The quantitative estimate of drug-likeness (QED) is 0.562. The summed E-state index contributed by atoms with van der Waals surface area (Å²) >= 11 is 0. The summed E-state index contributed by atoms with van der Waals surface area (Å²) in [4.78, 5) is 23.6. The van der Waals surface area contributed by atoms with Gasteiger partial charge in [-0.25, -0.2) is 4.79 Å². The van der Waals surface area contributed by atoms with Crippen LogP contribution >= 0.6 is 0 Å². The highest BCUT2D eigenvalue weighted by Gasteiger charge is 2.26. The molecule has 0 saturated heterocycles. The minimum Gasteiger partial charge on any atom is -0.494 e. The molecular weight excluding hydrogens is 286 g/mol. The van der Waals surface area contributed by atoms with E-state index in [4.69, 9.17) is 4.74 Å². The zero-order valence-corrected chi connectivity index (χ0v) is 13.2. The molecule has 22 heavy (non-hydrogen) atoms. The molecule has 0 spiro atoms. The van der Waals surface area contributed by atoms with Crippen LogP contribution in [0.1, 0.15) is 37.0 Å². The molecule has 2 N–H and O–H groups in total. The molecule has 0 fully saturated rings. The van der Waals surface area contributed by atoms with Crippen molar-refractivity contribution in [1.29, 1.82) is 0 Å². The lowest BCUT2D eigenvalue weighted by atomic mass is 10.1.